The number of benzene rings is 2. The van der Waals surface area contributed by atoms with Crippen LogP contribution in [0.25, 0.3) is 11.0 Å². The highest BCUT2D eigenvalue weighted by molar-refractivity contribution is 5.95. The fraction of sp³-hybridized carbons (Fsp3) is 0.174. The number of hydrogen-bond acceptors (Lipinski definition) is 5. The third-order valence-corrected chi connectivity index (χ3v) is 5.18. The number of carbonyl (C=O) groups excluding carboxylic acids is 1. The molecule has 1 aliphatic rings. The van der Waals surface area contributed by atoms with Crippen molar-refractivity contribution in [3.05, 3.63) is 83.7 Å². The van der Waals surface area contributed by atoms with Crippen molar-refractivity contribution in [3.8, 4) is 11.5 Å². The summed E-state index contributed by atoms with van der Waals surface area (Å²) in [6, 6.07) is 18.8. The molecule has 5 rings (SSSR count). The van der Waals surface area contributed by atoms with E-state index in [1.165, 1.54) is 0 Å². The van der Waals surface area contributed by atoms with Gasteiger partial charge in [-0.2, -0.15) is 5.10 Å². The Labute approximate surface area is 173 Å². The van der Waals surface area contributed by atoms with Gasteiger partial charge in [-0.1, -0.05) is 30.3 Å². The van der Waals surface area contributed by atoms with Crippen LogP contribution in [-0.4, -0.2) is 27.5 Å². The van der Waals surface area contributed by atoms with Crippen LogP contribution in [0.2, 0.25) is 0 Å². The number of pyridine rings is 1. The molecule has 3 heterocycles. The number of ether oxygens (including phenoxy) is 2. The van der Waals surface area contributed by atoms with E-state index in [9.17, 15) is 4.79 Å². The van der Waals surface area contributed by atoms with E-state index in [1.807, 2.05) is 49.5 Å². The number of nitrogens with one attached hydrogen (secondary N) is 1. The van der Waals surface area contributed by atoms with Gasteiger partial charge in [0.2, 0.25) is 6.79 Å². The molecule has 0 fully saturated rings. The van der Waals surface area contributed by atoms with Crippen molar-refractivity contribution < 1.29 is 14.3 Å². The summed E-state index contributed by atoms with van der Waals surface area (Å²) in [6.07, 6.45) is 2.35. The molecule has 0 unspecified atom stereocenters. The van der Waals surface area contributed by atoms with E-state index in [4.69, 9.17) is 9.47 Å². The summed E-state index contributed by atoms with van der Waals surface area (Å²) in [5.74, 6) is 1.03. The van der Waals surface area contributed by atoms with Gasteiger partial charge in [0.15, 0.2) is 17.1 Å². The summed E-state index contributed by atoms with van der Waals surface area (Å²) >= 11 is 0. The Morgan fingerprint density at radius 2 is 1.93 bits per heavy atom. The SMILES string of the molecule is Cn1nc([C@H](Cc2ccccc2)NC(=O)c2ccc3c(c2)OCO3)c2cccnc21. The molecule has 4 aromatic rings. The quantitative estimate of drug-likeness (QED) is 0.555. The molecule has 7 nitrogen and oxygen atoms in total. The van der Waals surface area contributed by atoms with Gasteiger partial charge in [-0.25, -0.2) is 4.98 Å². The standard InChI is InChI=1S/C23H20N4O3/c1-27-22-17(8-5-11-24-22)21(26-27)18(12-15-6-3-2-4-7-15)25-23(28)16-9-10-19-20(13-16)30-14-29-19/h2-11,13,18H,12,14H2,1H3,(H,25,28)/t18-/m0/s1. The summed E-state index contributed by atoms with van der Waals surface area (Å²) in [6.45, 7) is 0.171. The zero-order chi connectivity index (χ0) is 20.5. The van der Waals surface area contributed by atoms with Crippen LogP contribution < -0.4 is 14.8 Å². The second-order valence-electron chi connectivity index (χ2n) is 7.17. The number of aromatic nitrogens is 3. The van der Waals surface area contributed by atoms with E-state index < -0.39 is 0 Å². The molecule has 0 saturated carbocycles. The molecule has 1 amide bonds. The largest absolute Gasteiger partial charge is 0.454 e. The van der Waals surface area contributed by atoms with Crippen molar-refractivity contribution in [2.45, 2.75) is 12.5 Å². The van der Waals surface area contributed by atoms with Crippen LogP contribution in [0.3, 0.4) is 0 Å². The molecule has 7 heteroatoms. The van der Waals surface area contributed by atoms with Crippen LogP contribution in [0.1, 0.15) is 27.7 Å². The number of aryl methyl sites for hydroxylation is 1. The Hall–Kier alpha value is -3.87. The van der Waals surface area contributed by atoms with Crippen molar-refractivity contribution in [2.24, 2.45) is 7.05 Å². The van der Waals surface area contributed by atoms with Gasteiger partial charge in [0.25, 0.3) is 5.91 Å². The fourth-order valence-electron chi connectivity index (χ4n) is 3.72. The Morgan fingerprint density at radius 3 is 2.80 bits per heavy atom. The molecule has 2 aromatic carbocycles. The van der Waals surface area contributed by atoms with Crippen molar-refractivity contribution in [3.63, 3.8) is 0 Å². The maximum Gasteiger partial charge on any atom is 0.251 e. The first-order chi connectivity index (χ1) is 14.7. The van der Waals surface area contributed by atoms with Crippen molar-refractivity contribution in [2.75, 3.05) is 6.79 Å². The third kappa shape index (κ3) is 3.34. The van der Waals surface area contributed by atoms with E-state index in [0.29, 0.717) is 23.5 Å². The number of rotatable bonds is 5. The van der Waals surface area contributed by atoms with E-state index >= 15 is 0 Å². The molecule has 0 spiro atoms. The normalized spacial score (nSPS) is 13.4. The predicted molar refractivity (Wildman–Crippen MR) is 111 cm³/mol. The Balaban J connectivity index is 1.50. The molecule has 1 atom stereocenters. The molecular formula is C23H20N4O3. The molecule has 30 heavy (non-hydrogen) atoms. The lowest BCUT2D eigenvalue weighted by molar-refractivity contribution is 0.0935. The minimum absolute atomic E-state index is 0.171. The molecule has 0 bridgehead atoms. The van der Waals surface area contributed by atoms with Crippen LogP contribution in [-0.2, 0) is 13.5 Å². The summed E-state index contributed by atoms with van der Waals surface area (Å²) in [4.78, 5) is 17.5. The summed E-state index contributed by atoms with van der Waals surface area (Å²) in [5, 5.41) is 8.76. The van der Waals surface area contributed by atoms with Gasteiger partial charge in [-0.15, -0.1) is 0 Å². The van der Waals surface area contributed by atoms with Gasteiger partial charge in [0.05, 0.1) is 11.7 Å². The van der Waals surface area contributed by atoms with E-state index in [0.717, 1.165) is 22.3 Å². The van der Waals surface area contributed by atoms with Crippen LogP contribution in [0.15, 0.2) is 66.9 Å². The van der Waals surface area contributed by atoms with E-state index in [-0.39, 0.29) is 18.7 Å². The van der Waals surface area contributed by atoms with E-state index in [2.05, 4.69) is 15.4 Å². The Bertz CT molecular complexity index is 1220. The molecule has 0 aliphatic carbocycles. The van der Waals surface area contributed by atoms with Crippen LogP contribution in [0.5, 0.6) is 11.5 Å². The topological polar surface area (TPSA) is 78.3 Å². The molecule has 0 saturated heterocycles. The predicted octanol–water partition coefficient (Wildman–Crippen LogP) is 3.41. The number of amides is 1. The van der Waals surface area contributed by atoms with Gasteiger partial charge in [-0.05, 0) is 42.3 Å². The van der Waals surface area contributed by atoms with Gasteiger partial charge in [-0.3, -0.25) is 9.48 Å². The zero-order valence-corrected chi connectivity index (χ0v) is 16.4. The molecule has 2 aromatic heterocycles. The number of hydrogen-bond donors (Lipinski definition) is 1. The summed E-state index contributed by atoms with van der Waals surface area (Å²) in [5.41, 5.74) is 3.19. The maximum absolute atomic E-state index is 13.1. The first-order valence-corrected chi connectivity index (χ1v) is 9.71. The van der Waals surface area contributed by atoms with Crippen molar-refractivity contribution >= 4 is 16.9 Å². The first-order valence-electron chi connectivity index (χ1n) is 9.71. The minimum Gasteiger partial charge on any atom is -0.454 e. The van der Waals surface area contributed by atoms with Gasteiger partial charge < -0.3 is 14.8 Å². The van der Waals surface area contributed by atoms with Gasteiger partial charge in [0.1, 0.15) is 0 Å². The number of fused-ring (bicyclic) bond motifs is 2. The molecule has 1 N–H and O–H groups in total. The highest BCUT2D eigenvalue weighted by atomic mass is 16.7. The van der Waals surface area contributed by atoms with Crippen molar-refractivity contribution in [1.82, 2.24) is 20.1 Å². The second-order valence-corrected chi connectivity index (χ2v) is 7.17. The fourth-order valence-corrected chi connectivity index (χ4v) is 3.72. The highest BCUT2D eigenvalue weighted by Crippen LogP contribution is 2.33. The second kappa shape index (κ2) is 7.51. The van der Waals surface area contributed by atoms with Crippen molar-refractivity contribution in [1.29, 1.82) is 0 Å². The summed E-state index contributed by atoms with van der Waals surface area (Å²) < 4.78 is 12.5. The Kier molecular flexibility index (Phi) is 4.55. The average Bonchev–Trinajstić information content (AvgIpc) is 3.38. The minimum atomic E-state index is -0.321. The zero-order valence-electron chi connectivity index (χ0n) is 16.4. The lowest BCUT2D eigenvalue weighted by Gasteiger charge is -2.18. The van der Waals surface area contributed by atoms with Crippen LogP contribution >= 0.6 is 0 Å². The molecule has 1 aliphatic heterocycles. The average molecular weight is 400 g/mol. The van der Waals surface area contributed by atoms with Crippen LogP contribution in [0.4, 0.5) is 0 Å². The Morgan fingerprint density at radius 1 is 1.10 bits per heavy atom. The summed E-state index contributed by atoms with van der Waals surface area (Å²) in [7, 11) is 1.86. The maximum atomic E-state index is 13.1. The molecule has 0 radical (unpaired) electrons. The molecule has 150 valence electrons. The lowest BCUT2D eigenvalue weighted by atomic mass is 10.0. The highest BCUT2D eigenvalue weighted by Gasteiger charge is 2.24. The van der Waals surface area contributed by atoms with Gasteiger partial charge in [0, 0.05) is 24.2 Å². The van der Waals surface area contributed by atoms with Gasteiger partial charge >= 0.3 is 0 Å². The first kappa shape index (κ1) is 18.2. The third-order valence-electron chi connectivity index (χ3n) is 5.18. The number of carbonyl (C=O) groups is 1. The van der Waals surface area contributed by atoms with E-state index in [1.54, 1.807) is 29.1 Å². The molecular weight excluding hydrogens is 380 g/mol. The number of nitrogens with zero attached hydrogens (tertiary/aromatic N) is 3. The van der Waals surface area contributed by atoms with Crippen LogP contribution in [0, 0.1) is 0 Å². The smallest absolute Gasteiger partial charge is 0.251 e. The lowest BCUT2D eigenvalue weighted by Crippen LogP contribution is -2.30. The monoisotopic (exact) mass is 400 g/mol.